The maximum absolute atomic E-state index is 13.6. The number of alkyl halides is 3. The summed E-state index contributed by atoms with van der Waals surface area (Å²) in [5.41, 5.74) is -0.945. The minimum Gasteiger partial charge on any atom is -0.383 e. The first-order valence-electron chi connectivity index (χ1n) is 10.8. The van der Waals surface area contributed by atoms with Gasteiger partial charge in [0.05, 0.1) is 17.9 Å². The van der Waals surface area contributed by atoms with Crippen LogP contribution in [0.5, 0.6) is 0 Å². The first-order valence-corrected chi connectivity index (χ1v) is 10.8. The molecule has 0 radical (unpaired) electrons. The molecule has 0 saturated heterocycles. The van der Waals surface area contributed by atoms with Crippen LogP contribution in [0.4, 0.5) is 13.2 Å². The number of benzene rings is 2. The van der Waals surface area contributed by atoms with Crippen molar-refractivity contribution in [2.45, 2.75) is 25.9 Å². The molecule has 180 valence electrons. The number of carbonyl (C=O) groups excluding carboxylic acids is 1. The molecular weight excluding hydrogens is 447 g/mol. The summed E-state index contributed by atoms with van der Waals surface area (Å²) >= 11 is 0. The number of para-hydroxylation sites is 1. The summed E-state index contributed by atoms with van der Waals surface area (Å²) in [5, 5.41) is 4.08. The Hall–Kier alpha value is -3.46. The highest BCUT2D eigenvalue weighted by molar-refractivity contribution is 5.92. The SMILES string of the molecule is COCCN(CCCc1ccccc1)C(=O)c1nn(-c2ccccc2C(F)(F)F)c(C)cc1=O. The van der Waals surface area contributed by atoms with Crippen molar-refractivity contribution in [2.24, 2.45) is 0 Å². The smallest absolute Gasteiger partial charge is 0.383 e. The summed E-state index contributed by atoms with van der Waals surface area (Å²) in [5.74, 6) is -0.645. The quantitative estimate of drug-likeness (QED) is 0.465. The standard InChI is InChI=1S/C25H26F3N3O3/c1-18-17-22(32)23(29-31(18)21-13-7-6-12-20(21)25(26,27)28)24(33)30(15-16-34-2)14-8-11-19-9-4-3-5-10-19/h3-7,9-10,12-13,17H,8,11,14-16H2,1-2H3. The molecule has 0 spiro atoms. The number of methoxy groups -OCH3 is 1. The summed E-state index contributed by atoms with van der Waals surface area (Å²) in [4.78, 5) is 27.4. The lowest BCUT2D eigenvalue weighted by molar-refractivity contribution is -0.137. The molecule has 0 fully saturated rings. The van der Waals surface area contributed by atoms with Gasteiger partial charge in [0.15, 0.2) is 5.69 Å². The first kappa shape index (κ1) is 25.2. The van der Waals surface area contributed by atoms with Crippen molar-refractivity contribution in [2.75, 3.05) is 26.8 Å². The van der Waals surface area contributed by atoms with E-state index in [1.54, 1.807) is 0 Å². The van der Waals surface area contributed by atoms with Gasteiger partial charge in [0.2, 0.25) is 5.43 Å². The van der Waals surface area contributed by atoms with Gasteiger partial charge in [0, 0.05) is 32.0 Å². The van der Waals surface area contributed by atoms with E-state index in [2.05, 4.69) is 5.10 Å². The van der Waals surface area contributed by atoms with Gasteiger partial charge >= 0.3 is 6.18 Å². The van der Waals surface area contributed by atoms with Crippen LogP contribution in [0.15, 0.2) is 65.5 Å². The number of halogens is 3. The van der Waals surface area contributed by atoms with E-state index in [1.165, 1.54) is 37.1 Å². The van der Waals surface area contributed by atoms with E-state index < -0.39 is 28.8 Å². The van der Waals surface area contributed by atoms with E-state index in [1.807, 2.05) is 30.3 Å². The fraction of sp³-hybridized carbons (Fsp3) is 0.320. The van der Waals surface area contributed by atoms with Gasteiger partial charge in [0.1, 0.15) is 0 Å². The van der Waals surface area contributed by atoms with Crippen molar-refractivity contribution in [3.05, 3.63) is 93.4 Å². The van der Waals surface area contributed by atoms with Gasteiger partial charge in [-0.2, -0.15) is 18.3 Å². The van der Waals surface area contributed by atoms with E-state index in [-0.39, 0.29) is 24.5 Å². The van der Waals surface area contributed by atoms with Gasteiger partial charge < -0.3 is 9.64 Å². The second-order valence-electron chi connectivity index (χ2n) is 7.80. The molecule has 1 amide bonds. The van der Waals surface area contributed by atoms with Crippen LogP contribution in [0.1, 0.15) is 33.7 Å². The van der Waals surface area contributed by atoms with Gasteiger partial charge in [-0.15, -0.1) is 0 Å². The molecule has 2 aromatic carbocycles. The number of hydrogen-bond acceptors (Lipinski definition) is 4. The second-order valence-corrected chi connectivity index (χ2v) is 7.80. The van der Waals surface area contributed by atoms with Gasteiger partial charge in [0.25, 0.3) is 5.91 Å². The Morgan fingerprint density at radius 2 is 1.74 bits per heavy atom. The molecule has 0 unspecified atom stereocenters. The van der Waals surface area contributed by atoms with Crippen molar-refractivity contribution in [1.82, 2.24) is 14.7 Å². The van der Waals surface area contributed by atoms with E-state index in [0.717, 1.165) is 28.8 Å². The van der Waals surface area contributed by atoms with E-state index >= 15 is 0 Å². The average Bonchev–Trinajstić information content (AvgIpc) is 2.81. The molecule has 0 aliphatic heterocycles. The summed E-state index contributed by atoms with van der Waals surface area (Å²) in [6.45, 7) is 2.27. The lowest BCUT2D eigenvalue weighted by atomic mass is 10.1. The first-order chi connectivity index (χ1) is 16.2. The molecule has 3 aromatic rings. The van der Waals surface area contributed by atoms with Gasteiger partial charge in [-0.25, -0.2) is 4.68 Å². The molecular formula is C25H26F3N3O3. The Kier molecular flexibility index (Phi) is 8.22. The number of amides is 1. The zero-order chi connectivity index (χ0) is 24.7. The van der Waals surface area contributed by atoms with Crippen molar-refractivity contribution >= 4 is 5.91 Å². The third-order valence-electron chi connectivity index (χ3n) is 5.34. The van der Waals surface area contributed by atoms with Crippen LogP contribution in [-0.4, -0.2) is 47.4 Å². The van der Waals surface area contributed by atoms with Crippen molar-refractivity contribution in [1.29, 1.82) is 0 Å². The Balaban J connectivity index is 1.92. The normalized spacial score (nSPS) is 11.4. The Morgan fingerprint density at radius 1 is 1.06 bits per heavy atom. The Morgan fingerprint density at radius 3 is 2.41 bits per heavy atom. The molecule has 34 heavy (non-hydrogen) atoms. The topological polar surface area (TPSA) is 64.4 Å². The molecule has 0 atom stereocenters. The monoisotopic (exact) mass is 473 g/mol. The third-order valence-corrected chi connectivity index (χ3v) is 5.34. The minimum atomic E-state index is -4.63. The number of aromatic nitrogens is 2. The molecule has 0 saturated carbocycles. The van der Waals surface area contributed by atoms with Crippen LogP contribution in [0, 0.1) is 6.92 Å². The molecule has 9 heteroatoms. The highest BCUT2D eigenvalue weighted by Gasteiger charge is 2.34. The van der Waals surface area contributed by atoms with Crippen molar-refractivity contribution in [3.8, 4) is 5.69 Å². The Labute approximate surface area is 195 Å². The summed E-state index contributed by atoms with van der Waals surface area (Å²) in [7, 11) is 1.50. The maximum Gasteiger partial charge on any atom is 0.418 e. The predicted molar refractivity (Wildman–Crippen MR) is 122 cm³/mol. The number of hydrogen-bond donors (Lipinski definition) is 0. The molecule has 0 aliphatic carbocycles. The maximum atomic E-state index is 13.6. The van der Waals surface area contributed by atoms with Crippen LogP contribution in [0.3, 0.4) is 0 Å². The highest BCUT2D eigenvalue weighted by atomic mass is 19.4. The lowest BCUT2D eigenvalue weighted by Crippen LogP contribution is -2.39. The van der Waals surface area contributed by atoms with E-state index in [9.17, 15) is 22.8 Å². The van der Waals surface area contributed by atoms with E-state index in [0.29, 0.717) is 13.0 Å². The van der Waals surface area contributed by atoms with E-state index in [4.69, 9.17) is 4.74 Å². The summed E-state index contributed by atoms with van der Waals surface area (Å²) < 4.78 is 46.8. The summed E-state index contributed by atoms with van der Waals surface area (Å²) in [6, 6.07) is 15.8. The Bertz CT molecular complexity index is 1180. The lowest BCUT2D eigenvalue weighted by Gasteiger charge is -2.23. The zero-order valence-corrected chi connectivity index (χ0v) is 19.0. The molecule has 3 rings (SSSR count). The van der Waals surface area contributed by atoms with Crippen LogP contribution >= 0.6 is 0 Å². The molecule has 0 bridgehead atoms. The number of aryl methyl sites for hydroxylation is 2. The number of ether oxygens (including phenoxy) is 1. The van der Waals surface area contributed by atoms with Gasteiger partial charge in [-0.05, 0) is 37.5 Å². The fourth-order valence-electron chi connectivity index (χ4n) is 3.62. The number of rotatable bonds is 9. The molecule has 0 N–H and O–H groups in total. The van der Waals surface area contributed by atoms with Gasteiger partial charge in [-0.1, -0.05) is 42.5 Å². The van der Waals surface area contributed by atoms with Crippen LogP contribution in [-0.2, 0) is 17.3 Å². The second kappa shape index (κ2) is 11.1. The number of nitrogens with zero attached hydrogens (tertiary/aromatic N) is 3. The van der Waals surface area contributed by atoms with Crippen molar-refractivity contribution < 1.29 is 22.7 Å². The number of carbonyl (C=O) groups is 1. The van der Waals surface area contributed by atoms with Crippen LogP contribution < -0.4 is 5.43 Å². The molecule has 1 heterocycles. The summed E-state index contributed by atoms with van der Waals surface area (Å²) in [6.07, 6.45) is -3.27. The van der Waals surface area contributed by atoms with Crippen molar-refractivity contribution in [3.63, 3.8) is 0 Å². The van der Waals surface area contributed by atoms with Crippen LogP contribution in [0.2, 0.25) is 0 Å². The van der Waals surface area contributed by atoms with Gasteiger partial charge in [-0.3, -0.25) is 9.59 Å². The third kappa shape index (κ3) is 6.11. The largest absolute Gasteiger partial charge is 0.418 e. The molecule has 6 nitrogen and oxygen atoms in total. The molecule has 1 aromatic heterocycles. The fourth-order valence-corrected chi connectivity index (χ4v) is 3.62. The highest BCUT2D eigenvalue weighted by Crippen LogP contribution is 2.33. The molecule has 0 aliphatic rings. The van der Waals surface area contributed by atoms with Crippen LogP contribution in [0.25, 0.3) is 5.69 Å². The zero-order valence-electron chi connectivity index (χ0n) is 19.0. The predicted octanol–water partition coefficient (Wildman–Crippen LogP) is 4.28. The minimum absolute atomic E-state index is 0.186. The average molecular weight is 473 g/mol.